The minimum atomic E-state index is -0.823. The summed E-state index contributed by atoms with van der Waals surface area (Å²) in [5, 5.41) is 5.53. The lowest BCUT2D eigenvalue weighted by atomic mass is 10.1. The summed E-state index contributed by atoms with van der Waals surface area (Å²) in [5.41, 5.74) is 0.423. The van der Waals surface area contributed by atoms with Gasteiger partial charge < -0.3 is 19.7 Å². The molecule has 1 atom stereocenters. The largest absolute Gasteiger partial charge is 0.494 e. The number of carbonyl (C=O) groups is 3. The third kappa shape index (κ3) is 9.29. The number of rotatable bonds is 12. The van der Waals surface area contributed by atoms with Crippen LogP contribution in [0.1, 0.15) is 69.7 Å². The van der Waals surface area contributed by atoms with Crippen LogP contribution in [0.25, 0.3) is 0 Å². The Bertz CT molecular complexity index is 828. The predicted molar refractivity (Wildman–Crippen MR) is 135 cm³/mol. The van der Waals surface area contributed by atoms with Gasteiger partial charge in [-0.3, -0.25) is 19.7 Å². The quantitative estimate of drug-likeness (QED) is 0.263. The Kier molecular flexibility index (Phi) is 11.8. The summed E-state index contributed by atoms with van der Waals surface area (Å²) in [6.07, 6.45) is 5.13. The number of nitrogens with one attached hydrogen (secondary N) is 2. The molecule has 8 nitrogen and oxygen atoms in total. The Morgan fingerprint density at radius 3 is 2.59 bits per heavy atom. The van der Waals surface area contributed by atoms with Crippen molar-refractivity contribution in [2.45, 2.75) is 65.3 Å². The van der Waals surface area contributed by atoms with Gasteiger partial charge >= 0.3 is 5.97 Å². The maximum absolute atomic E-state index is 12.7. The maximum Gasteiger partial charge on any atom is 0.308 e. The molecular weight excluding hydrogens is 454 g/mol. The van der Waals surface area contributed by atoms with Crippen molar-refractivity contribution < 1.29 is 23.9 Å². The molecule has 1 aliphatic rings. The summed E-state index contributed by atoms with van der Waals surface area (Å²) in [6.45, 7) is 7.97. The van der Waals surface area contributed by atoms with Crippen molar-refractivity contribution in [3.8, 4) is 5.75 Å². The summed E-state index contributed by atoms with van der Waals surface area (Å²) in [6, 6.07) is 6.03. The van der Waals surface area contributed by atoms with Gasteiger partial charge in [-0.25, -0.2) is 0 Å². The zero-order chi connectivity index (χ0) is 24.9. The third-order valence-electron chi connectivity index (χ3n) is 5.51. The molecule has 0 bridgehead atoms. The number of carbonyl (C=O) groups excluding carboxylic acids is 3. The molecule has 1 saturated heterocycles. The number of benzene rings is 1. The molecule has 1 unspecified atom stereocenters. The smallest absolute Gasteiger partial charge is 0.308 e. The highest BCUT2D eigenvalue weighted by Gasteiger charge is 2.34. The molecule has 0 radical (unpaired) electrons. The van der Waals surface area contributed by atoms with Gasteiger partial charge in [0.25, 0.3) is 5.91 Å². The molecule has 1 aromatic carbocycles. The molecule has 1 fully saturated rings. The van der Waals surface area contributed by atoms with Gasteiger partial charge in [0.2, 0.25) is 5.91 Å². The lowest BCUT2D eigenvalue weighted by molar-refractivity contribution is -0.147. The summed E-state index contributed by atoms with van der Waals surface area (Å²) < 4.78 is 11.0. The van der Waals surface area contributed by atoms with Crippen LogP contribution in [0.2, 0.25) is 0 Å². The standard InChI is InChI=1S/C25H37N3O5S/c1-4-5-6-7-15-32-20-10-8-19(9-11-20)23(30)27-25(34)28-14-13-26-24(31)21(28)17-22(29)33-16-12-18(2)3/h8-11,18,21H,4-7,12-17H2,1-3H3,(H,26,31)(H,27,30,34). The molecule has 2 N–H and O–H groups in total. The molecular formula is C25H37N3O5S. The van der Waals surface area contributed by atoms with Gasteiger partial charge in [0.15, 0.2) is 5.11 Å². The fourth-order valence-corrected chi connectivity index (χ4v) is 3.76. The highest BCUT2D eigenvalue weighted by Crippen LogP contribution is 2.15. The molecule has 0 aromatic heterocycles. The van der Waals surface area contributed by atoms with E-state index in [0.29, 0.717) is 43.5 Å². The van der Waals surface area contributed by atoms with E-state index in [4.69, 9.17) is 21.7 Å². The van der Waals surface area contributed by atoms with Crippen molar-refractivity contribution in [3.63, 3.8) is 0 Å². The number of hydrogen-bond acceptors (Lipinski definition) is 6. The predicted octanol–water partition coefficient (Wildman–Crippen LogP) is 3.44. The minimum Gasteiger partial charge on any atom is -0.494 e. The Hall–Kier alpha value is -2.68. The lowest BCUT2D eigenvalue weighted by Gasteiger charge is -2.36. The van der Waals surface area contributed by atoms with E-state index >= 15 is 0 Å². The van der Waals surface area contributed by atoms with Crippen LogP contribution in [0.5, 0.6) is 5.75 Å². The fourth-order valence-electron chi connectivity index (χ4n) is 3.45. The van der Waals surface area contributed by atoms with Gasteiger partial charge in [-0.2, -0.15) is 0 Å². The van der Waals surface area contributed by atoms with E-state index in [1.165, 1.54) is 12.8 Å². The molecule has 34 heavy (non-hydrogen) atoms. The average molecular weight is 492 g/mol. The first-order valence-electron chi connectivity index (χ1n) is 12.1. The van der Waals surface area contributed by atoms with E-state index in [2.05, 4.69) is 17.6 Å². The van der Waals surface area contributed by atoms with Crippen LogP contribution in [-0.4, -0.2) is 60.1 Å². The number of nitrogens with zero attached hydrogens (tertiary/aromatic N) is 1. The molecule has 0 aliphatic carbocycles. The summed E-state index contributed by atoms with van der Waals surface area (Å²) in [4.78, 5) is 38.9. The Morgan fingerprint density at radius 2 is 1.91 bits per heavy atom. The highest BCUT2D eigenvalue weighted by molar-refractivity contribution is 7.80. The van der Waals surface area contributed by atoms with Crippen LogP contribution < -0.4 is 15.4 Å². The second kappa shape index (κ2) is 14.6. The number of unbranched alkanes of at least 4 members (excludes halogenated alkanes) is 3. The molecule has 1 heterocycles. The van der Waals surface area contributed by atoms with Crippen molar-refractivity contribution in [2.24, 2.45) is 5.92 Å². The Morgan fingerprint density at radius 1 is 1.18 bits per heavy atom. The van der Waals surface area contributed by atoms with Crippen LogP contribution in [-0.2, 0) is 14.3 Å². The first-order valence-corrected chi connectivity index (χ1v) is 12.5. The van der Waals surface area contributed by atoms with Crippen LogP contribution in [0.15, 0.2) is 24.3 Å². The molecule has 1 aromatic rings. The molecule has 0 saturated carbocycles. The number of amides is 2. The second-order valence-corrected chi connectivity index (χ2v) is 9.19. The van der Waals surface area contributed by atoms with E-state index in [1.54, 1.807) is 29.2 Å². The number of ether oxygens (including phenoxy) is 2. The first kappa shape index (κ1) is 27.6. The zero-order valence-corrected chi connectivity index (χ0v) is 21.2. The van der Waals surface area contributed by atoms with E-state index in [0.717, 1.165) is 19.3 Å². The number of piperazine rings is 1. The molecule has 9 heteroatoms. The van der Waals surface area contributed by atoms with Crippen molar-refractivity contribution in [1.82, 2.24) is 15.5 Å². The lowest BCUT2D eigenvalue weighted by Crippen LogP contribution is -2.60. The number of esters is 1. The van der Waals surface area contributed by atoms with Gasteiger partial charge in [0, 0.05) is 18.7 Å². The molecule has 2 rings (SSSR count). The van der Waals surface area contributed by atoms with Crippen LogP contribution >= 0.6 is 12.2 Å². The van der Waals surface area contributed by atoms with Gasteiger partial charge in [0.05, 0.1) is 19.6 Å². The fraction of sp³-hybridized carbons (Fsp3) is 0.600. The monoisotopic (exact) mass is 491 g/mol. The van der Waals surface area contributed by atoms with Gasteiger partial charge in [0.1, 0.15) is 11.8 Å². The normalized spacial score (nSPS) is 15.6. The first-order chi connectivity index (χ1) is 16.3. The molecule has 0 spiro atoms. The molecule has 188 valence electrons. The topological polar surface area (TPSA) is 97.0 Å². The Balaban J connectivity index is 1.89. The van der Waals surface area contributed by atoms with Crippen LogP contribution in [0.3, 0.4) is 0 Å². The number of hydrogen-bond donors (Lipinski definition) is 2. The van der Waals surface area contributed by atoms with Crippen LogP contribution in [0.4, 0.5) is 0 Å². The van der Waals surface area contributed by atoms with Crippen molar-refractivity contribution in [3.05, 3.63) is 29.8 Å². The third-order valence-corrected chi connectivity index (χ3v) is 5.85. The van der Waals surface area contributed by atoms with E-state index in [1.807, 2.05) is 13.8 Å². The highest BCUT2D eigenvalue weighted by atomic mass is 32.1. The van der Waals surface area contributed by atoms with Gasteiger partial charge in [-0.15, -0.1) is 0 Å². The van der Waals surface area contributed by atoms with Crippen LogP contribution in [0, 0.1) is 5.92 Å². The summed E-state index contributed by atoms with van der Waals surface area (Å²) in [5.74, 6) is -0.0456. The second-order valence-electron chi connectivity index (χ2n) is 8.80. The molecule has 1 aliphatic heterocycles. The maximum atomic E-state index is 12.7. The zero-order valence-electron chi connectivity index (χ0n) is 20.4. The van der Waals surface area contributed by atoms with E-state index < -0.39 is 12.0 Å². The van der Waals surface area contributed by atoms with E-state index in [-0.39, 0.29) is 23.3 Å². The SMILES string of the molecule is CCCCCCOc1ccc(C(=O)NC(=S)N2CCNC(=O)C2CC(=O)OCCC(C)C)cc1. The molecule has 2 amide bonds. The van der Waals surface area contributed by atoms with Crippen molar-refractivity contribution >= 4 is 35.1 Å². The van der Waals surface area contributed by atoms with Crippen molar-refractivity contribution in [1.29, 1.82) is 0 Å². The van der Waals surface area contributed by atoms with Gasteiger partial charge in [-0.1, -0.05) is 40.0 Å². The van der Waals surface area contributed by atoms with Crippen molar-refractivity contribution in [2.75, 3.05) is 26.3 Å². The number of thiocarbonyl (C=S) groups is 1. The summed E-state index contributed by atoms with van der Waals surface area (Å²) >= 11 is 5.41. The van der Waals surface area contributed by atoms with E-state index in [9.17, 15) is 14.4 Å². The Labute approximate surface area is 207 Å². The minimum absolute atomic E-state index is 0.107. The summed E-state index contributed by atoms with van der Waals surface area (Å²) in [7, 11) is 0. The van der Waals surface area contributed by atoms with Gasteiger partial charge in [-0.05, 0) is 55.2 Å². The average Bonchev–Trinajstić information content (AvgIpc) is 2.80.